The summed E-state index contributed by atoms with van der Waals surface area (Å²) in [6.45, 7) is 3.97. The first kappa shape index (κ1) is 12.1. The molecule has 86 valence electrons. The lowest BCUT2D eigenvalue weighted by molar-refractivity contribution is 1.42. The Hall–Kier alpha value is -1.39. The van der Waals surface area contributed by atoms with Gasteiger partial charge in [-0.2, -0.15) is 0 Å². The molecule has 0 spiro atoms. The van der Waals surface area contributed by atoms with Gasteiger partial charge >= 0.3 is 0 Å². The molecule has 17 heavy (non-hydrogen) atoms. The van der Waals surface area contributed by atoms with Crippen molar-refractivity contribution in [3.63, 3.8) is 0 Å². The lowest BCUT2D eigenvalue weighted by Crippen LogP contribution is -2.29. The predicted octanol–water partition coefficient (Wildman–Crippen LogP) is 1.20. The zero-order chi connectivity index (χ0) is 12.4. The van der Waals surface area contributed by atoms with E-state index in [1.807, 2.05) is 36.4 Å². The van der Waals surface area contributed by atoms with Crippen LogP contribution in [-0.2, 0) is 0 Å². The van der Waals surface area contributed by atoms with E-state index < -0.39 is 0 Å². The summed E-state index contributed by atoms with van der Waals surface area (Å²) >= 11 is 8.16. The highest BCUT2D eigenvalue weighted by Gasteiger charge is 2.05. The fourth-order valence-corrected chi connectivity index (χ4v) is 1.71. The number of thiol groups is 2. The standard InChI is InChI=1S/C13H12N2S2/c1-8-6-9-4-2-3-5-10(9)7-11(8)15-13(17)12(14)16/h2-7,16-17H,1,14H2/b13-12-,15-11-. The van der Waals surface area contributed by atoms with Gasteiger partial charge in [0.25, 0.3) is 0 Å². The normalized spacial score (nSPS) is 18.0. The molecule has 1 aliphatic rings. The van der Waals surface area contributed by atoms with E-state index in [1.165, 1.54) is 0 Å². The molecule has 0 bridgehead atoms. The first-order valence-electron chi connectivity index (χ1n) is 5.02. The number of hydrogen-bond donors (Lipinski definition) is 3. The molecular formula is C13H12N2S2. The van der Waals surface area contributed by atoms with E-state index >= 15 is 0 Å². The van der Waals surface area contributed by atoms with Crippen LogP contribution in [0, 0.1) is 0 Å². The highest BCUT2D eigenvalue weighted by Crippen LogP contribution is 2.13. The second-order valence-electron chi connectivity index (χ2n) is 3.65. The number of nitrogens with zero attached hydrogens (tertiary/aromatic N) is 1. The van der Waals surface area contributed by atoms with Gasteiger partial charge in [0.1, 0.15) is 5.03 Å². The minimum absolute atomic E-state index is 0.292. The summed E-state index contributed by atoms with van der Waals surface area (Å²) < 4.78 is 0. The van der Waals surface area contributed by atoms with Crippen LogP contribution in [0.2, 0.25) is 0 Å². The number of allylic oxidation sites excluding steroid dienone is 1. The third-order valence-electron chi connectivity index (χ3n) is 2.40. The van der Waals surface area contributed by atoms with Crippen LogP contribution in [0.25, 0.3) is 12.2 Å². The lowest BCUT2D eigenvalue weighted by Gasteiger charge is -2.07. The predicted molar refractivity (Wildman–Crippen MR) is 80.4 cm³/mol. The molecule has 1 aromatic carbocycles. The maximum Gasteiger partial charge on any atom is 0.123 e. The summed E-state index contributed by atoms with van der Waals surface area (Å²) in [6, 6.07) is 8.05. The van der Waals surface area contributed by atoms with Crippen molar-refractivity contribution in [2.24, 2.45) is 10.7 Å². The topological polar surface area (TPSA) is 38.4 Å². The summed E-state index contributed by atoms with van der Waals surface area (Å²) in [5, 5.41) is 2.94. The molecule has 0 atom stereocenters. The average molecular weight is 260 g/mol. The summed E-state index contributed by atoms with van der Waals surface area (Å²) in [4.78, 5) is 4.29. The van der Waals surface area contributed by atoms with Gasteiger partial charge in [-0.1, -0.05) is 30.8 Å². The van der Waals surface area contributed by atoms with Crippen molar-refractivity contribution in [2.75, 3.05) is 0 Å². The second-order valence-corrected chi connectivity index (χ2v) is 4.55. The van der Waals surface area contributed by atoms with Crippen molar-refractivity contribution in [1.82, 2.24) is 0 Å². The Morgan fingerprint density at radius 2 is 1.71 bits per heavy atom. The van der Waals surface area contributed by atoms with E-state index in [0.29, 0.717) is 10.1 Å². The van der Waals surface area contributed by atoms with Crippen molar-refractivity contribution in [1.29, 1.82) is 0 Å². The molecule has 0 heterocycles. The van der Waals surface area contributed by atoms with Gasteiger partial charge in [0, 0.05) is 0 Å². The van der Waals surface area contributed by atoms with Gasteiger partial charge in [0.05, 0.1) is 10.7 Å². The Bertz CT molecular complexity index is 650. The largest absolute Gasteiger partial charge is 0.392 e. The highest BCUT2D eigenvalue weighted by molar-refractivity contribution is 7.88. The molecule has 1 aromatic rings. The third-order valence-corrected chi connectivity index (χ3v) is 3.13. The Kier molecular flexibility index (Phi) is 3.45. The van der Waals surface area contributed by atoms with Gasteiger partial charge in [-0.25, -0.2) is 4.99 Å². The fourth-order valence-electron chi connectivity index (χ4n) is 1.55. The van der Waals surface area contributed by atoms with Crippen molar-refractivity contribution in [3.8, 4) is 0 Å². The minimum Gasteiger partial charge on any atom is -0.392 e. The van der Waals surface area contributed by atoms with E-state index in [2.05, 4.69) is 36.8 Å². The maximum atomic E-state index is 5.50. The molecule has 2 rings (SSSR count). The number of aliphatic imine (C=N–C) groups is 1. The number of rotatable bonds is 1. The maximum absolute atomic E-state index is 5.50. The number of hydrogen-bond acceptors (Lipinski definition) is 4. The molecule has 1 aliphatic carbocycles. The van der Waals surface area contributed by atoms with E-state index in [-0.39, 0.29) is 0 Å². The Morgan fingerprint density at radius 3 is 2.29 bits per heavy atom. The van der Waals surface area contributed by atoms with Gasteiger partial charge in [-0.3, -0.25) is 0 Å². The van der Waals surface area contributed by atoms with E-state index in [1.54, 1.807) is 0 Å². The van der Waals surface area contributed by atoms with Crippen LogP contribution in [0.1, 0.15) is 0 Å². The van der Waals surface area contributed by atoms with Crippen LogP contribution < -0.4 is 16.2 Å². The lowest BCUT2D eigenvalue weighted by atomic mass is 10.0. The van der Waals surface area contributed by atoms with Crippen molar-refractivity contribution in [3.05, 3.63) is 56.9 Å². The Morgan fingerprint density at radius 1 is 1.12 bits per heavy atom. The molecule has 2 N–H and O–H groups in total. The minimum atomic E-state index is 0.292. The van der Waals surface area contributed by atoms with Crippen LogP contribution >= 0.6 is 25.3 Å². The van der Waals surface area contributed by atoms with Crippen LogP contribution in [-0.4, -0.2) is 5.71 Å². The second kappa shape index (κ2) is 4.85. The zero-order valence-electron chi connectivity index (χ0n) is 9.09. The molecule has 0 saturated heterocycles. The van der Waals surface area contributed by atoms with Gasteiger partial charge in [-0.05, 0) is 28.2 Å². The number of nitrogens with two attached hydrogens (primary N) is 1. The monoisotopic (exact) mass is 260 g/mol. The zero-order valence-corrected chi connectivity index (χ0v) is 10.9. The molecule has 2 nitrogen and oxygen atoms in total. The third kappa shape index (κ3) is 2.65. The molecule has 0 fully saturated rings. The van der Waals surface area contributed by atoms with E-state index in [4.69, 9.17) is 5.73 Å². The first-order valence-corrected chi connectivity index (χ1v) is 5.91. The fraction of sp³-hybridized carbons (Fsp3) is 0. The van der Waals surface area contributed by atoms with Crippen molar-refractivity contribution in [2.45, 2.75) is 0 Å². The van der Waals surface area contributed by atoms with E-state index in [9.17, 15) is 0 Å². The smallest absolute Gasteiger partial charge is 0.123 e. The quantitative estimate of drug-likeness (QED) is 0.652. The molecule has 0 aliphatic heterocycles. The number of benzene rings is 1. The van der Waals surface area contributed by atoms with Crippen molar-refractivity contribution < 1.29 is 0 Å². The summed E-state index contributed by atoms with van der Waals surface area (Å²) in [5.74, 6) is 0. The van der Waals surface area contributed by atoms with Crippen molar-refractivity contribution >= 4 is 43.1 Å². The summed E-state index contributed by atoms with van der Waals surface area (Å²) in [6.07, 6.45) is 3.95. The highest BCUT2D eigenvalue weighted by atomic mass is 32.1. The van der Waals surface area contributed by atoms with Crippen LogP contribution in [0.3, 0.4) is 0 Å². The van der Waals surface area contributed by atoms with Gasteiger partial charge in [0.2, 0.25) is 0 Å². The summed E-state index contributed by atoms with van der Waals surface area (Å²) in [5.41, 5.74) is 7.09. The van der Waals surface area contributed by atoms with Crippen LogP contribution in [0.4, 0.5) is 0 Å². The molecule has 0 amide bonds. The van der Waals surface area contributed by atoms with Gasteiger partial charge in [0.15, 0.2) is 0 Å². The molecule has 0 radical (unpaired) electrons. The Balaban J connectivity index is 2.59. The molecular weight excluding hydrogens is 248 g/mol. The SMILES string of the molecule is C=C1C=c2ccccc2=C/C1=N/C(S)=C(\N)S. The van der Waals surface area contributed by atoms with Crippen LogP contribution in [0.5, 0.6) is 0 Å². The summed E-state index contributed by atoms with van der Waals surface area (Å²) in [7, 11) is 0. The molecule has 0 saturated carbocycles. The Labute approximate surface area is 111 Å². The van der Waals surface area contributed by atoms with E-state index in [0.717, 1.165) is 21.7 Å². The average Bonchev–Trinajstić information content (AvgIpc) is 2.29. The van der Waals surface area contributed by atoms with Gasteiger partial charge < -0.3 is 5.73 Å². The molecule has 0 unspecified atom stereocenters. The molecule has 0 aromatic heterocycles. The molecule has 4 heteroatoms. The number of fused-ring (bicyclic) bond motifs is 1. The van der Waals surface area contributed by atoms with Crippen LogP contribution in [0.15, 0.2) is 51.5 Å². The first-order chi connectivity index (χ1) is 8.08. The van der Waals surface area contributed by atoms with Gasteiger partial charge in [-0.15, -0.1) is 25.3 Å².